The van der Waals surface area contributed by atoms with Crippen LogP contribution in [0.3, 0.4) is 0 Å². The molecular weight excluding hydrogens is 108 g/mol. The minimum Gasteiger partial charge on any atom is -0.0810 e. The first-order valence-corrected chi connectivity index (χ1v) is 4.07. The highest BCUT2D eigenvalue weighted by Crippen LogP contribution is 2.63. The highest BCUT2D eigenvalue weighted by atomic mass is 14.6. The zero-order valence-corrected chi connectivity index (χ0v) is 5.80. The van der Waals surface area contributed by atoms with Crippen molar-refractivity contribution in [2.45, 2.75) is 19.8 Å². The first-order valence-electron chi connectivity index (χ1n) is 4.07. The van der Waals surface area contributed by atoms with Gasteiger partial charge in [-0.2, -0.15) is 0 Å². The zero-order chi connectivity index (χ0) is 6.01. The molecule has 9 heavy (non-hydrogen) atoms. The van der Waals surface area contributed by atoms with E-state index in [2.05, 4.69) is 13.0 Å². The monoisotopic (exact) mass is 120 g/mol. The second kappa shape index (κ2) is 1.12. The summed E-state index contributed by atoms with van der Waals surface area (Å²) in [6, 6.07) is 0. The van der Waals surface area contributed by atoms with Crippen LogP contribution in [0.2, 0.25) is 0 Å². The third-order valence-electron chi connectivity index (χ3n) is 3.59. The standard InChI is InChI=1S/C9H12/c1-5-2-6-3-7-4-8(5)9(6)7/h4-6,8-9H,2-3H2,1H3/t5-,6?,8?,9?/m1/s1. The van der Waals surface area contributed by atoms with Crippen molar-refractivity contribution in [3.63, 3.8) is 0 Å². The molecule has 0 aliphatic heterocycles. The summed E-state index contributed by atoms with van der Waals surface area (Å²) in [7, 11) is 0. The molecule has 0 saturated heterocycles. The number of allylic oxidation sites excluding steroid dienone is 2. The second-order valence-corrected chi connectivity index (χ2v) is 4.02. The van der Waals surface area contributed by atoms with Gasteiger partial charge in [0.05, 0.1) is 0 Å². The molecular formula is C9H12. The molecule has 0 radical (unpaired) electrons. The molecule has 0 nitrogen and oxygen atoms in total. The summed E-state index contributed by atoms with van der Waals surface area (Å²) in [6.07, 6.45) is 5.51. The van der Waals surface area contributed by atoms with Crippen LogP contribution >= 0.6 is 0 Å². The van der Waals surface area contributed by atoms with Crippen molar-refractivity contribution in [1.82, 2.24) is 0 Å². The van der Waals surface area contributed by atoms with Crippen molar-refractivity contribution in [2.75, 3.05) is 0 Å². The van der Waals surface area contributed by atoms with Gasteiger partial charge in [-0.3, -0.25) is 0 Å². The normalized spacial score (nSPS) is 59.4. The van der Waals surface area contributed by atoms with E-state index in [1.807, 2.05) is 0 Å². The van der Waals surface area contributed by atoms with E-state index >= 15 is 0 Å². The molecule has 0 N–H and O–H groups in total. The third-order valence-corrected chi connectivity index (χ3v) is 3.59. The van der Waals surface area contributed by atoms with Gasteiger partial charge in [0, 0.05) is 0 Å². The van der Waals surface area contributed by atoms with Gasteiger partial charge in [-0.1, -0.05) is 18.6 Å². The van der Waals surface area contributed by atoms with Gasteiger partial charge in [0.15, 0.2) is 0 Å². The maximum absolute atomic E-state index is 2.53. The predicted molar refractivity (Wildman–Crippen MR) is 37.0 cm³/mol. The van der Waals surface area contributed by atoms with Gasteiger partial charge in [0.25, 0.3) is 0 Å². The van der Waals surface area contributed by atoms with Crippen molar-refractivity contribution < 1.29 is 0 Å². The lowest BCUT2D eigenvalue weighted by atomic mass is 9.60. The van der Waals surface area contributed by atoms with Gasteiger partial charge >= 0.3 is 0 Å². The van der Waals surface area contributed by atoms with E-state index in [1.165, 1.54) is 12.8 Å². The van der Waals surface area contributed by atoms with Crippen LogP contribution in [-0.2, 0) is 0 Å². The van der Waals surface area contributed by atoms with Gasteiger partial charge in [-0.05, 0) is 36.5 Å². The Morgan fingerprint density at radius 1 is 1.56 bits per heavy atom. The minimum absolute atomic E-state index is 1.02. The molecule has 0 aromatic carbocycles. The highest BCUT2D eigenvalue weighted by Gasteiger charge is 2.53. The summed E-state index contributed by atoms with van der Waals surface area (Å²) in [6.45, 7) is 2.41. The number of hydrogen-bond acceptors (Lipinski definition) is 0. The lowest BCUT2D eigenvalue weighted by Crippen LogP contribution is -2.35. The Bertz CT molecular complexity index is 190. The molecule has 3 aliphatic carbocycles. The van der Waals surface area contributed by atoms with Crippen LogP contribution in [0.25, 0.3) is 0 Å². The van der Waals surface area contributed by atoms with Crippen LogP contribution in [0.5, 0.6) is 0 Å². The molecule has 2 saturated carbocycles. The van der Waals surface area contributed by atoms with Crippen LogP contribution in [0.1, 0.15) is 19.8 Å². The molecule has 0 heterocycles. The molecule has 0 aromatic heterocycles. The maximum atomic E-state index is 2.53. The fourth-order valence-corrected chi connectivity index (χ4v) is 3.06. The summed E-state index contributed by atoms with van der Waals surface area (Å²) >= 11 is 0. The van der Waals surface area contributed by atoms with Crippen LogP contribution in [-0.4, -0.2) is 0 Å². The molecule has 0 aromatic rings. The highest BCUT2D eigenvalue weighted by molar-refractivity contribution is 5.35. The zero-order valence-electron chi connectivity index (χ0n) is 5.80. The van der Waals surface area contributed by atoms with Gasteiger partial charge < -0.3 is 0 Å². The van der Waals surface area contributed by atoms with Gasteiger partial charge in [-0.25, -0.2) is 0 Å². The quantitative estimate of drug-likeness (QED) is 0.430. The first kappa shape index (κ1) is 4.54. The van der Waals surface area contributed by atoms with E-state index in [9.17, 15) is 0 Å². The molecule has 0 amide bonds. The van der Waals surface area contributed by atoms with E-state index in [4.69, 9.17) is 0 Å². The van der Waals surface area contributed by atoms with Gasteiger partial charge in [-0.15, -0.1) is 0 Å². The Balaban J connectivity index is 2.04. The fourth-order valence-electron chi connectivity index (χ4n) is 3.06. The molecule has 2 fully saturated rings. The number of hydrogen-bond donors (Lipinski definition) is 0. The Kier molecular flexibility index (Phi) is 0.564. The smallest absolute Gasteiger partial charge is 0.0106 e. The largest absolute Gasteiger partial charge is 0.0810 e. The van der Waals surface area contributed by atoms with E-state index in [-0.39, 0.29) is 0 Å². The number of rotatable bonds is 0. The predicted octanol–water partition coefficient (Wildman–Crippen LogP) is 2.22. The maximum Gasteiger partial charge on any atom is -0.0106 e. The summed E-state index contributed by atoms with van der Waals surface area (Å²) in [5, 5.41) is 0. The third kappa shape index (κ3) is 0.331. The Morgan fingerprint density at radius 3 is 3.00 bits per heavy atom. The minimum atomic E-state index is 1.02. The van der Waals surface area contributed by atoms with Crippen molar-refractivity contribution in [3.8, 4) is 0 Å². The molecule has 3 aliphatic rings. The van der Waals surface area contributed by atoms with Crippen molar-refractivity contribution in [1.29, 1.82) is 0 Å². The molecule has 4 atom stereocenters. The molecule has 0 heteroatoms. The lowest BCUT2D eigenvalue weighted by Gasteiger charge is -2.45. The second-order valence-electron chi connectivity index (χ2n) is 4.02. The summed E-state index contributed by atoms with van der Waals surface area (Å²) in [4.78, 5) is 0. The van der Waals surface area contributed by atoms with E-state index in [1.54, 1.807) is 5.57 Å². The van der Waals surface area contributed by atoms with E-state index < -0.39 is 0 Å². The topological polar surface area (TPSA) is 0 Å². The fraction of sp³-hybridized carbons (Fsp3) is 0.778. The Morgan fingerprint density at radius 2 is 2.44 bits per heavy atom. The molecule has 48 valence electrons. The lowest BCUT2D eigenvalue weighted by molar-refractivity contribution is 0.245. The van der Waals surface area contributed by atoms with Crippen LogP contribution < -0.4 is 0 Å². The summed E-state index contributed by atoms with van der Waals surface area (Å²) < 4.78 is 0. The average molecular weight is 120 g/mol. The van der Waals surface area contributed by atoms with Crippen molar-refractivity contribution >= 4 is 0 Å². The molecule has 0 bridgehead atoms. The van der Waals surface area contributed by atoms with E-state index in [0.717, 1.165) is 23.7 Å². The molecule has 3 rings (SSSR count). The van der Waals surface area contributed by atoms with Gasteiger partial charge in [0.2, 0.25) is 0 Å². The summed E-state index contributed by atoms with van der Waals surface area (Å²) in [5.74, 6) is 4.27. The average Bonchev–Trinajstić information content (AvgIpc) is 2.01. The van der Waals surface area contributed by atoms with Crippen LogP contribution in [0.4, 0.5) is 0 Å². The SMILES string of the molecule is C[C@@H]1CC2CC3=CC1C32. The summed E-state index contributed by atoms with van der Waals surface area (Å²) in [5.41, 5.74) is 1.80. The van der Waals surface area contributed by atoms with Crippen LogP contribution in [0, 0.1) is 23.7 Å². The first-order chi connectivity index (χ1) is 4.36. The Hall–Kier alpha value is -0.260. The van der Waals surface area contributed by atoms with Crippen molar-refractivity contribution in [2.24, 2.45) is 23.7 Å². The van der Waals surface area contributed by atoms with Gasteiger partial charge in [0.1, 0.15) is 0 Å². The van der Waals surface area contributed by atoms with E-state index in [0.29, 0.717) is 0 Å². The Labute approximate surface area is 56.0 Å². The molecule has 3 unspecified atom stereocenters. The van der Waals surface area contributed by atoms with Crippen molar-refractivity contribution in [3.05, 3.63) is 11.6 Å². The molecule has 0 spiro atoms. The van der Waals surface area contributed by atoms with Crippen LogP contribution in [0.15, 0.2) is 11.6 Å².